The molecule has 0 spiro atoms. The van der Waals surface area contributed by atoms with Gasteiger partial charge in [0.15, 0.2) is 0 Å². The highest BCUT2D eigenvalue weighted by atomic mass is 32.2. The van der Waals surface area contributed by atoms with E-state index in [1.165, 1.54) is 35.5 Å². The molecule has 6 nitrogen and oxygen atoms in total. The number of rotatable bonds is 4. The number of hydrogen-bond donors (Lipinski definition) is 1. The van der Waals surface area contributed by atoms with Crippen molar-refractivity contribution in [3.8, 4) is 0 Å². The van der Waals surface area contributed by atoms with Gasteiger partial charge in [-0.1, -0.05) is 55.8 Å². The maximum absolute atomic E-state index is 11.3. The van der Waals surface area contributed by atoms with Crippen LogP contribution in [0.1, 0.15) is 26.3 Å². The highest BCUT2D eigenvalue weighted by Gasteiger charge is 2.15. The first-order chi connectivity index (χ1) is 11.1. The summed E-state index contributed by atoms with van der Waals surface area (Å²) in [4.78, 5) is 3.82. The Bertz CT molecular complexity index is 895. The summed E-state index contributed by atoms with van der Waals surface area (Å²) in [6.07, 6.45) is 0. The lowest BCUT2D eigenvalue weighted by Gasteiger charge is -2.19. The second-order valence-electron chi connectivity index (χ2n) is 6.17. The fourth-order valence-corrected chi connectivity index (χ4v) is 3.52. The van der Waals surface area contributed by atoms with Crippen molar-refractivity contribution in [2.24, 2.45) is 5.11 Å². The van der Waals surface area contributed by atoms with Crippen LogP contribution in [0.4, 0.5) is 5.69 Å². The van der Waals surface area contributed by atoms with E-state index in [0.717, 1.165) is 4.90 Å². The van der Waals surface area contributed by atoms with E-state index in [2.05, 4.69) is 30.8 Å². The summed E-state index contributed by atoms with van der Waals surface area (Å²) in [6.45, 7) is 6.35. The molecule has 8 heteroatoms. The van der Waals surface area contributed by atoms with Crippen LogP contribution in [0.2, 0.25) is 0 Å². The van der Waals surface area contributed by atoms with E-state index in [0.29, 0.717) is 10.6 Å². The Morgan fingerprint density at radius 1 is 1.12 bits per heavy atom. The molecule has 0 aliphatic heterocycles. The van der Waals surface area contributed by atoms with Gasteiger partial charge >= 0.3 is 0 Å². The van der Waals surface area contributed by atoms with Gasteiger partial charge in [0.2, 0.25) is 0 Å². The molecule has 2 aromatic carbocycles. The van der Waals surface area contributed by atoms with Crippen LogP contribution >= 0.6 is 11.8 Å². The van der Waals surface area contributed by atoms with Crippen LogP contribution in [0.15, 0.2) is 62.3 Å². The second-order valence-corrected chi connectivity index (χ2v) is 8.71. The third-order valence-corrected chi connectivity index (χ3v) is 5.23. The lowest BCUT2D eigenvalue weighted by atomic mass is 9.87. The van der Waals surface area contributed by atoms with Crippen molar-refractivity contribution in [3.05, 3.63) is 58.5 Å². The van der Waals surface area contributed by atoms with Crippen LogP contribution in [0, 0.1) is 0 Å². The van der Waals surface area contributed by atoms with Crippen molar-refractivity contribution in [3.63, 3.8) is 0 Å². The van der Waals surface area contributed by atoms with Crippen LogP contribution < -0.4 is 0 Å². The van der Waals surface area contributed by atoms with Crippen LogP contribution in [-0.4, -0.2) is 13.0 Å². The topological polar surface area (TPSA) is 103 Å². The molecule has 126 valence electrons. The Morgan fingerprint density at radius 3 is 2.25 bits per heavy atom. The summed E-state index contributed by atoms with van der Waals surface area (Å²) < 4.78 is 31.8. The van der Waals surface area contributed by atoms with E-state index < -0.39 is 10.1 Å². The van der Waals surface area contributed by atoms with Crippen molar-refractivity contribution in [2.45, 2.75) is 40.9 Å². The van der Waals surface area contributed by atoms with Crippen LogP contribution in [-0.2, 0) is 15.5 Å². The molecule has 0 heterocycles. The number of benzene rings is 2. The van der Waals surface area contributed by atoms with Gasteiger partial charge in [-0.05, 0) is 40.8 Å². The molecule has 0 amide bonds. The molecule has 0 radical (unpaired) electrons. The van der Waals surface area contributed by atoms with E-state index >= 15 is 0 Å². The Balaban J connectivity index is 2.42. The van der Waals surface area contributed by atoms with Gasteiger partial charge in [0, 0.05) is 14.7 Å². The number of azide groups is 1. The van der Waals surface area contributed by atoms with E-state index in [1.807, 2.05) is 24.3 Å². The van der Waals surface area contributed by atoms with Crippen molar-refractivity contribution >= 4 is 27.6 Å². The van der Waals surface area contributed by atoms with E-state index in [1.54, 1.807) is 0 Å². The maximum Gasteiger partial charge on any atom is 0.294 e. The Morgan fingerprint density at radius 2 is 1.75 bits per heavy atom. The first kappa shape index (κ1) is 18.4. The van der Waals surface area contributed by atoms with Gasteiger partial charge in [0.1, 0.15) is 0 Å². The van der Waals surface area contributed by atoms with E-state index in [9.17, 15) is 13.0 Å². The molecule has 0 saturated heterocycles. The van der Waals surface area contributed by atoms with E-state index in [-0.39, 0.29) is 10.3 Å². The molecular weight excluding hydrogens is 346 g/mol. The summed E-state index contributed by atoms with van der Waals surface area (Å²) in [5.74, 6) is 0. The van der Waals surface area contributed by atoms with Gasteiger partial charge in [0.25, 0.3) is 10.1 Å². The Kier molecular flexibility index (Phi) is 5.25. The Labute approximate surface area is 145 Å². The highest BCUT2D eigenvalue weighted by Crippen LogP contribution is 2.37. The maximum atomic E-state index is 11.3. The van der Waals surface area contributed by atoms with Crippen molar-refractivity contribution in [1.82, 2.24) is 0 Å². The summed E-state index contributed by atoms with van der Waals surface area (Å²) in [7, 11) is -4.32. The average Bonchev–Trinajstić information content (AvgIpc) is 2.48. The molecule has 0 atom stereocenters. The zero-order valence-electron chi connectivity index (χ0n) is 13.5. The molecule has 24 heavy (non-hydrogen) atoms. The molecule has 1 N–H and O–H groups in total. The van der Waals surface area contributed by atoms with Crippen LogP contribution in [0.25, 0.3) is 10.4 Å². The molecule has 0 aliphatic rings. The van der Waals surface area contributed by atoms with Gasteiger partial charge in [-0.25, -0.2) is 0 Å². The zero-order chi connectivity index (χ0) is 18.0. The summed E-state index contributed by atoms with van der Waals surface area (Å²) >= 11 is 1.26. The monoisotopic (exact) mass is 363 g/mol. The predicted molar refractivity (Wildman–Crippen MR) is 94.3 cm³/mol. The fourth-order valence-electron chi connectivity index (χ4n) is 2.02. The summed E-state index contributed by atoms with van der Waals surface area (Å²) in [6, 6.07) is 11.7. The molecule has 2 aromatic rings. The molecule has 0 bridgehead atoms. The zero-order valence-corrected chi connectivity index (χ0v) is 15.1. The molecule has 0 saturated carbocycles. The smallest absolute Gasteiger partial charge is 0.282 e. The second kappa shape index (κ2) is 6.86. The van der Waals surface area contributed by atoms with Crippen molar-refractivity contribution in [1.29, 1.82) is 0 Å². The summed E-state index contributed by atoms with van der Waals surface area (Å²) in [5.41, 5.74) is 10.2. The normalized spacial score (nSPS) is 11.8. The minimum atomic E-state index is -4.32. The van der Waals surface area contributed by atoms with Gasteiger partial charge in [0.05, 0.1) is 10.6 Å². The van der Waals surface area contributed by atoms with Crippen LogP contribution in [0.5, 0.6) is 0 Å². The summed E-state index contributed by atoms with van der Waals surface area (Å²) in [5, 5.41) is 3.57. The predicted octanol–water partition coefficient (Wildman–Crippen LogP) is 5.32. The fraction of sp³-hybridized carbons (Fsp3) is 0.250. The minimum Gasteiger partial charge on any atom is -0.282 e. The SMILES string of the molecule is CC(C)(C)c1ccc(Sc2cc(S(=O)(=O)O)ccc2N=[N+]=[N-])cc1. The number of hydrogen-bond acceptors (Lipinski definition) is 4. The standard InChI is InChI=1S/C16H17N3O3S2/c1-16(2,3)11-4-6-12(7-5-11)23-15-10-13(24(20,21)22)8-9-14(15)18-19-17/h4-10H,1-3H3,(H,20,21,22). The molecule has 0 unspecified atom stereocenters. The quantitative estimate of drug-likeness (QED) is 0.343. The van der Waals surface area contributed by atoms with Crippen molar-refractivity contribution in [2.75, 3.05) is 0 Å². The lowest BCUT2D eigenvalue weighted by molar-refractivity contribution is 0.483. The van der Waals surface area contributed by atoms with Gasteiger partial charge in [-0.2, -0.15) is 8.42 Å². The molecule has 2 rings (SSSR count). The molecule has 0 aliphatic carbocycles. The van der Waals surface area contributed by atoms with E-state index in [4.69, 9.17) is 5.53 Å². The largest absolute Gasteiger partial charge is 0.294 e. The van der Waals surface area contributed by atoms with Gasteiger partial charge in [-0.3, -0.25) is 4.55 Å². The molecule has 0 aromatic heterocycles. The Hall–Kier alpha value is -1.99. The van der Waals surface area contributed by atoms with Gasteiger partial charge in [-0.15, -0.1) is 0 Å². The van der Waals surface area contributed by atoms with Gasteiger partial charge < -0.3 is 0 Å². The first-order valence-corrected chi connectivity index (χ1v) is 9.32. The van der Waals surface area contributed by atoms with Crippen LogP contribution in [0.3, 0.4) is 0 Å². The number of nitrogens with zero attached hydrogens (tertiary/aromatic N) is 3. The molecular formula is C16H17N3O3S2. The molecule has 0 fully saturated rings. The highest BCUT2D eigenvalue weighted by molar-refractivity contribution is 7.99. The van der Waals surface area contributed by atoms with Crippen molar-refractivity contribution < 1.29 is 13.0 Å². The third kappa shape index (κ3) is 4.52. The first-order valence-electron chi connectivity index (χ1n) is 7.06. The third-order valence-electron chi connectivity index (χ3n) is 3.33. The average molecular weight is 363 g/mol. The minimum absolute atomic E-state index is 0.0321. The lowest BCUT2D eigenvalue weighted by Crippen LogP contribution is -2.10.